The minimum atomic E-state index is -3.43. The van der Waals surface area contributed by atoms with E-state index < -0.39 is 16.0 Å². The highest BCUT2D eigenvalue weighted by Gasteiger charge is 2.11. The Bertz CT molecular complexity index is 544. The van der Waals surface area contributed by atoms with Crippen LogP contribution in [-0.2, 0) is 10.2 Å². The summed E-state index contributed by atoms with van der Waals surface area (Å²) in [6.07, 6.45) is 0.458. The van der Waals surface area contributed by atoms with Gasteiger partial charge >= 0.3 is 0 Å². The number of hydrogen-bond donors (Lipinski definition) is 2. The average molecular weight is 303 g/mol. The van der Waals surface area contributed by atoms with Crippen molar-refractivity contribution < 1.29 is 17.6 Å². The molecule has 6 nitrogen and oxygen atoms in total. The lowest BCUT2D eigenvalue weighted by Crippen LogP contribution is -2.37. The molecule has 0 aliphatic heterocycles. The van der Waals surface area contributed by atoms with Crippen molar-refractivity contribution in [2.24, 2.45) is 0 Å². The van der Waals surface area contributed by atoms with Crippen LogP contribution in [0, 0.1) is 5.82 Å². The minimum absolute atomic E-state index is 0.226. The van der Waals surface area contributed by atoms with Gasteiger partial charge in [0.15, 0.2) is 0 Å². The summed E-state index contributed by atoms with van der Waals surface area (Å²) in [5.41, 5.74) is 0.361. The van der Waals surface area contributed by atoms with E-state index in [0.717, 1.165) is 4.31 Å². The molecule has 0 spiro atoms. The Kier molecular flexibility index (Phi) is 6.05. The molecule has 1 amide bonds. The summed E-state index contributed by atoms with van der Waals surface area (Å²) in [4.78, 5) is 11.6. The molecule has 0 bridgehead atoms. The molecule has 0 radical (unpaired) electrons. The molecule has 1 rings (SSSR count). The highest BCUT2D eigenvalue weighted by Crippen LogP contribution is 2.02. The quantitative estimate of drug-likeness (QED) is 0.713. The molecule has 0 unspecified atom stereocenters. The molecule has 0 aliphatic rings. The molecule has 2 N–H and O–H groups in total. The first-order chi connectivity index (χ1) is 9.33. The van der Waals surface area contributed by atoms with Crippen molar-refractivity contribution in [2.75, 3.05) is 27.2 Å². The van der Waals surface area contributed by atoms with Crippen molar-refractivity contribution in [2.45, 2.75) is 6.42 Å². The van der Waals surface area contributed by atoms with Crippen LogP contribution in [0.5, 0.6) is 0 Å². The van der Waals surface area contributed by atoms with E-state index in [-0.39, 0.29) is 12.5 Å². The molecular formula is C12H18FN3O3S. The lowest BCUT2D eigenvalue weighted by molar-refractivity contribution is 0.0953. The molecule has 8 heteroatoms. The Morgan fingerprint density at radius 2 is 1.80 bits per heavy atom. The molecule has 0 saturated carbocycles. The van der Waals surface area contributed by atoms with Gasteiger partial charge in [0.1, 0.15) is 5.82 Å². The van der Waals surface area contributed by atoms with Gasteiger partial charge in [-0.25, -0.2) is 9.11 Å². The summed E-state index contributed by atoms with van der Waals surface area (Å²) in [5.74, 6) is -0.722. The standard InChI is InChI=1S/C12H18FN3O3S/c1-16(2)20(18,19)15-9-3-8-14-12(17)10-4-6-11(13)7-5-10/h4-7,15H,3,8-9H2,1-2H3,(H,14,17). The molecule has 0 fully saturated rings. The van der Waals surface area contributed by atoms with Crippen molar-refractivity contribution in [3.05, 3.63) is 35.6 Å². The van der Waals surface area contributed by atoms with Crippen molar-refractivity contribution in [3.63, 3.8) is 0 Å². The summed E-state index contributed by atoms with van der Waals surface area (Å²) in [6.45, 7) is 0.552. The largest absolute Gasteiger partial charge is 0.352 e. The van der Waals surface area contributed by atoms with Gasteiger partial charge in [-0.2, -0.15) is 12.7 Å². The zero-order valence-electron chi connectivity index (χ0n) is 11.4. The van der Waals surface area contributed by atoms with E-state index in [1.807, 2.05) is 0 Å². The fourth-order valence-electron chi connectivity index (χ4n) is 1.32. The number of benzene rings is 1. The van der Waals surface area contributed by atoms with Crippen molar-refractivity contribution in [3.8, 4) is 0 Å². The fourth-order valence-corrected chi connectivity index (χ4v) is 1.98. The Balaban J connectivity index is 2.28. The number of carbonyl (C=O) groups is 1. The van der Waals surface area contributed by atoms with Gasteiger partial charge in [-0.3, -0.25) is 4.79 Å². The monoisotopic (exact) mass is 303 g/mol. The molecule has 0 aromatic heterocycles. The molecule has 1 aromatic rings. The molecule has 0 atom stereocenters. The van der Waals surface area contributed by atoms with Crippen molar-refractivity contribution >= 4 is 16.1 Å². The first-order valence-electron chi connectivity index (χ1n) is 6.04. The zero-order valence-corrected chi connectivity index (χ0v) is 12.2. The highest BCUT2D eigenvalue weighted by atomic mass is 32.2. The number of carbonyl (C=O) groups excluding carboxylic acids is 1. The predicted octanol–water partition coefficient (Wildman–Crippen LogP) is 0.342. The van der Waals surface area contributed by atoms with Crippen LogP contribution in [0.15, 0.2) is 24.3 Å². The highest BCUT2D eigenvalue weighted by molar-refractivity contribution is 7.87. The summed E-state index contributed by atoms with van der Waals surface area (Å²) >= 11 is 0. The number of rotatable bonds is 7. The van der Waals surface area contributed by atoms with Gasteiger partial charge in [-0.05, 0) is 30.7 Å². The summed E-state index contributed by atoms with van der Waals surface area (Å²) in [7, 11) is -0.568. The van der Waals surface area contributed by atoms with Gasteiger partial charge in [0.2, 0.25) is 0 Å². The second-order valence-corrected chi connectivity index (χ2v) is 6.27. The van der Waals surface area contributed by atoms with Gasteiger partial charge in [-0.15, -0.1) is 0 Å². The first kappa shape index (κ1) is 16.5. The lowest BCUT2D eigenvalue weighted by Gasteiger charge is -2.12. The maximum absolute atomic E-state index is 12.7. The van der Waals surface area contributed by atoms with Gasteiger partial charge < -0.3 is 5.32 Å². The Morgan fingerprint density at radius 1 is 1.20 bits per heavy atom. The molecule has 1 aromatic carbocycles. The fraction of sp³-hybridized carbons (Fsp3) is 0.417. The third kappa shape index (κ3) is 5.24. The van der Waals surface area contributed by atoms with Crippen LogP contribution < -0.4 is 10.0 Å². The Labute approximate surface area is 118 Å². The van der Waals surface area contributed by atoms with Gasteiger partial charge in [0.25, 0.3) is 16.1 Å². The number of amides is 1. The smallest absolute Gasteiger partial charge is 0.278 e. The third-order valence-corrected chi connectivity index (χ3v) is 4.04. The molecule has 112 valence electrons. The average Bonchev–Trinajstić information content (AvgIpc) is 2.38. The van der Waals surface area contributed by atoms with Gasteiger partial charge in [-0.1, -0.05) is 0 Å². The summed E-state index contributed by atoms with van der Waals surface area (Å²) in [6, 6.07) is 5.19. The second-order valence-electron chi connectivity index (χ2n) is 4.30. The maximum Gasteiger partial charge on any atom is 0.278 e. The van der Waals surface area contributed by atoms with E-state index in [2.05, 4.69) is 10.0 Å². The molecular weight excluding hydrogens is 285 g/mol. The Hall–Kier alpha value is -1.51. The van der Waals surface area contributed by atoms with Crippen LogP contribution in [0.4, 0.5) is 4.39 Å². The number of halogens is 1. The van der Waals surface area contributed by atoms with Crippen molar-refractivity contribution in [1.82, 2.24) is 14.3 Å². The van der Waals surface area contributed by atoms with Crippen molar-refractivity contribution in [1.29, 1.82) is 0 Å². The van der Waals surface area contributed by atoms with Crippen LogP contribution in [0.25, 0.3) is 0 Å². The number of nitrogens with one attached hydrogen (secondary N) is 2. The van der Waals surface area contributed by atoms with Gasteiger partial charge in [0.05, 0.1) is 0 Å². The number of nitrogens with zero attached hydrogens (tertiary/aromatic N) is 1. The molecule has 0 aliphatic carbocycles. The van der Waals surface area contributed by atoms with E-state index in [0.29, 0.717) is 18.5 Å². The Morgan fingerprint density at radius 3 is 2.35 bits per heavy atom. The molecule has 0 saturated heterocycles. The maximum atomic E-state index is 12.7. The normalized spacial score (nSPS) is 11.6. The second kappa shape index (κ2) is 7.32. The van der Waals surface area contributed by atoms with Crippen LogP contribution >= 0.6 is 0 Å². The van der Waals surface area contributed by atoms with Gasteiger partial charge in [0, 0.05) is 32.7 Å². The van der Waals surface area contributed by atoms with Crippen LogP contribution in [0.3, 0.4) is 0 Å². The van der Waals surface area contributed by atoms with Crippen LogP contribution in [0.2, 0.25) is 0 Å². The molecule has 0 heterocycles. The van der Waals surface area contributed by atoms with Crippen LogP contribution in [0.1, 0.15) is 16.8 Å². The van der Waals surface area contributed by atoms with E-state index >= 15 is 0 Å². The van der Waals surface area contributed by atoms with E-state index in [4.69, 9.17) is 0 Å². The zero-order chi connectivity index (χ0) is 15.2. The number of hydrogen-bond acceptors (Lipinski definition) is 3. The van der Waals surface area contributed by atoms with E-state index in [1.54, 1.807) is 0 Å². The summed E-state index contributed by atoms with van der Waals surface area (Å²) < 4.78 is 38.9. The van der Waals surface area contributed by atoms with Crippen LogP contribution in [-0.4, -0.2) is 45.8 Å². The van der Waals surface area contributed by atoms with E-state index in [9.17, 15) is 17.6 Å². The first-order valence-corrected chi connectivity index (χ1v) is 7.48. The molecule has 20 heavy (non-hydrogen) atoms. The lowest BCUT2D eigenvalue weighted by atomic mass is 10.2. The minimum Gasteiger partial charge on any atom is -0.352 e. The topological polar surface area (TPSA) is 78.5 Å². The third-order valence-electron chi connectivity index (χ3n) is 2.51. The summed E-state index contributed by atoms with van der Waals surface area (Å²) in [5, 5.41) is 2.62. The predicted molar refractivity (Wildman–Crippen MR) is 74.0 cm³/mol. The SMILES string of the molecule is CN(C)S(=O)(=O)NCCCNC(=O)c1ccc(F)cc1. The van der Waals surface area contributed by atoms with E-state index in [1.165, 1.54) is 38.4 Å².